The number of thiocarbonyl (C=S) groups is 1. The third-order valence-corrected chi connectivity index (χ3v) is 5.42. The first-order chi connectivity index (χ1) is 13.1. The highest BCUT2D eigenvalue weighted by Crippen LogP contribution is 2.17. The lowest BCUT2D eigenvalue weighted by molar-refractivity contribution is -0.137. The Kier molecular flexibility index (Phi) is 6.49. The zero-order valence-electron chi connectivity index (χ0n) is 15.7. The van der Waals surface area contributed by atoms with E-state index in [0.29, 0.717) is 37.8 Å². The van der Waals surface area contributed by atoms with Crippen molar-refractivity contribution in [2.24, 2.45) is 0 Å². The van der Waals surface area contributed by atoms with Crippen molar-refractivity contribution in [2.75, 3.05) is 50.7 Å². The number of benzene rings is 1. The standard InChI is InChI=1S/C19H27N5O2S/c1-2-20-19(27)24-9-8-21-18(26)16(24)14-17(25)23-12-10-22(11-13-23)15-6-4-3-5-7-15/h3-7,16H,2,8-14H2,1H3,(H,20,27)(H,21,26)/t16-/m0/s1. The number of para-hydroxylation sites is 1. The zero-order valence-corrected chi connectivity index (χ0v) is 16.5. The van der Waals surface area contributed by atoms with E-state index in [9.17, 15) is 9.59 Å². The molecular weight excluding hydrogens is 362 g/mol. The summed E-state index contributed by atoms with van der Waals surface area (Å²) in [6, 6.07) is 9.69. The Balaban J connectivity index is 1.57. The average molecular weight is 390 g/mol. The molecule has 1 atom stereocenters. The molecule has 7 nitrogen and oxygen atoms in total. The van der Waals surface area contributed by atoms with Gasteiger partial charge in [0.05, 0.1) is 6.42 Å². The predicted molar refractivity (Wildman–Crippen MR) is 110 cm³/mol. The minimum atomic E-state index is -0.537. The van der Waals surface area contributed by atoms with Crippen molar-refractivity contribution in [2.45, 2.75) is 19.4 Å². The van der Waals surface area contributed by atoms with Crippen molar-refractivity contribution in [3.8, 4) is 0 Å². The van der Waals surface area contributed by atoms with E-state index in [4.69, 9.17) is 12.2 Å². The van der Waals surface area contributed by atoms with Crippen molar-refractivity contribution in [1.29, 1.82) is 0 Å². The maximum Gasteiger partial charge on any atom is 0.243 e. The van der Waals surface area contributed by atoms with Gasteiger partial charge in [-0.25, -0.2) is 0 Å². The number of piperazine rings is 2. The van der Waals surface area contributed by atoms with Gasteiger partial charge in [0.2, 0.25) is 11.8 Å². The van der Waals surface area contributed by atoms with Gasteiger partial charge >= 0.3 is 0 Å². The first kappa shape index (κ1) is 19.4. The number of anilines is 1. The van der Waals surface area contributed by atoms with Gasteiger partial charge in [0, 0.05) is 51.5 Å². The maximum absolute atomic E-state index is 12.8. The van der Waals surface area contributed by atoms with Crippen LogP contribution < -0.4 is 15.5 Å². The molecule has 3 rings (SSSR count). The lowest BCUT2D eigenvalue weighted by Crippen LogP contribution is -2.60. The van der Waals surface area contributed by atoms with Gasteiger partial charge in [-0.05, 0) is 31.3 Å². The highest BCUT2D eigenvalue weighted by molar-refractivity contribution is 7.80. The maximum atomic E-state index is 12.8. The van der Waals surface area contributed by atoms with E-state index >= 15 is 0 Å². The van der Waals surface area contributed by atoms with Crippen LogP contribution >= 0.6 is 12.2 Å². The summed E-state index contributed by atoms with van der Waals surface area (Å²) in [5.41, 5.74) is 1.18. The summed E-state index contributed by atoms with van der Waals surface area (Å²) in [6.07, 6.45) is 0.155. The Morgan fingerprint density at radius 2 is 1.89 bits per heavy atom. The number of amides is 2. The van der Waals surface area contributed by atoms with Gasteiger partial charge in [-0.15, -0.1) is 0 Å². The van der Waals surface area contributed by atoms with E-state index in [1.807, 2.05) is 34.9 Å². The lowest BCUT2D eigenvalue weighted by atomic mass is 10.1. The van der Waals surface area contributed by atoms with Gasteiger partial charge in [-0.3, -0.25) is 9.59 Å². The summed E-state index contributed by atoms with van der Waals surface area (Å²) in [5.74, 6) is -0.119. The van der Waals surface area contributed by atoms with E-state index in [-0.39, 0.29) is 18.2 Å². The van der Waals surface area contributed by atoms with Gasteiger partial charge in [-0.2, -0.15) is 0 Å². The molecule has 0 spiro atoms. The molecule has 2 amide bonds. The molecule has 2 fully saturated rings. The van der Waals surface area contributed by atoms with Gasteiger partial charge in [0.25, 0.3) is 0 Å². The van der Waals surface area contributed by atoms with Crippen molar-refractivity contribution in [3.63, 3.8) is 0 Å². The molecule has 2 aliphatic heterocycles. The molecule has 0 bridgehead atoms. The molecule has 0 radical (unpaired) electrons. The average Bonchev–Trinajstić information content (AvgIpc) is 2.70. The molecule has 2 aliphatic rings. The summed E-state index contributed by atoms with van der Waals surface area (Å²) < 4.78 is 0. The first-order valence-corrected chi connectivity index (χ1v) is 9.91. The quantitative estimate of drug-likeness (QED) is 0.728. The van der Waals surface area contributed by atoms with Crippen LogP contribution in [0.4, 0.5) is 5.69 Å². The number of carbonyl (C=O) groups is 2. The van der Waals surface area contributed by atoms with E-state index in [1.54, 1.807) is 0 Å². The number of nitrogens with one attached hydrogen (secondary N) is 2. The van der Waals surface area contributed by atoms with Crippen LogP contribution in [0.1, 0.15) is 13.3 Å². The monoisotopic (exact) mass is 389 g/mol. The molecule has 1 aromatic carbocycles. The normalized spacial score (nSPS) is 20.3. The van der Waals surface area contributed by atoms with E-state index in [2.05, 4.69) is 27.7 Å². The predicted octanol–water partition coefficient (Wildman–Crippen LogP) is 0.420. The van der Waals surface area contributed by atoms with Crippen molar-refractivity contribution in [1.82, 2.24) is 20.4 Å². The molecule has 2 N–H and O–H groups in total. The summed E-state index contributed by atoms with van der Waals surface area (Å²) >= 11 is 5.39. The molecule has 1 aromatic rings. The third-order valence-electron chi connectivity index (χ3n) is 5.04. The highest BCUT2D eigenvalue weighted by Gasteiger charge is 2.34. The smallest absolute Gasteiger partial charge is 0.243 e. The Bertz CT molecular complexity index is 676. The second kappa shape index (κ2) is 9.03. The molecular formula is C19H27N5O2S. The second-order valence-corrected chi connectivity index (χ2v) is 7.13. The number of nitrogens with zero attached hydrogens (tertiary/aromatic N) is 3. The van der Waals surface area contributed by atoms with Crippen LogP contribution in [0, 0.1) is 0 Å². The van der Waals surface area contributed by atoms with Crippen molar-refractivity contribution < 1.29 is 9.59 Å². The van der Waals surface area contributed by atoms with Crippen LogP contribution in [0.2, 0.25) is 0 Å². The minimum absolute atomic E-state index is 0.00839. The largest absolute Gasteiger partial charge is 0.368 e. The van der Waals surface area contributed by atoms with Crippen LogP contribution in [-0.2, 0) is 9.59 Å². The number of hydrogen-bond acceptors (Lipinski definition) is 4. The molecule has 146 valence electrons. The Morgan fingerprint density at radius 1 is 1.19 bits per heavy atom. The number of hydrogen-bond donors (Lipinski definition) is 2. The summed E-state index contributed by atoms with van der Waals surface area (Å²) in [5, 5.41) is 6.48. The van der Waals surface area contributed by atoms with E-state index < -0.39 is 6.04 Å². The van der Waals surface area contributed by atoms with Crippen LogP contribution in [0.15, 0.2) is 30.3 Å². The Hall–Kier alpha value is -2.35. The van der Waals surface area contributed by atoms with Crippen LogP contribution in [-0.4, -0.2) is 78.6 Å². The minimum Gasteiger partial charge on any atom is -0.368 e. The van der Waals surface area contributed by atoms with Crippen LogP contribution in [0.5, 0.6) is 0 Å². The fourth-order valence-corrected chi connectivity index (χ4v) is 3.92. The van der Waals surface area contributed by atoms with Gasteiger partial charge in [0.1, 0.15) is 6.04 Å². The highest BCUT2D eigenvalue weighted by atomic mass is 32.1. The van der Waals surface area contributed by atoms with E-state index in [1.165, 1.54) is 5.69 Å². The summed E-state index contributed by atoms with van der Waals surface area (Å²) in [4.78, 5) is 31.1. The van der Waals surface area contributed by atoms with Crippen molar-refractivity contribution in [3.05, 3.63) is 30.3 Å². The number of carbonyl (C=O) groups excluding carboxylic acids is 2. The molecule has 0 unspecified atom stereocenters. The molecule has 0 aliphatic carbocycles. The molecule has 2 heterocycles. The summed E-state index contributed by atoms with van der Waals surface area (Å²) in [6.45, 7) is 6.75. The van der Waals surface area contributed by atoms with Gasteiger partial charge < -0.3 is 25.3 Å². The lowest BCUT2D eigenvalue weighted by Gasteiger charge is -2.39. The van der Waals surface area contributed by atoms with Gasteiger partial charge in [0.15, 0.2) is 5.11 Å². The topological polar surface area (TPSA) is 67.9 Å². The fraction of sp³-hybridized carbons (Fsp3) is 0.526. The Labute approximate surface area is 165 Å². The molecule has 0 aromatic heterocycles. The fourth-order valence-electron chi connectivity index (χ4n) is 3.56. The third kappa shape index (κ3) is 4.68. The van der Waals surface area contributed by atoms with E-state index in [0.717, 1.165) is 13.1 Å². The molecule has 2 saturated heterocycles. The van der Waals surface area contributed by atoms with Crippen LogP contribution in [0.3, 0.4) is 0 Å². The van der Waals surface area contributed by atoms with Crippen molar-refractivity contribution >= 4 is 34.8 Å². The van der Waals surface area contributed by atoms with Gasteiger partial charge in [-0.1, -0.05) is 18.2 Å². The number of rotatable bonds is 4. The second-order valence-electron chi connectivity index (χ2n) is 6.74. The van der Waals surface area contributed by atoms with Crippen LogP contribution in [0.25, 0.3) is 0 Å². The molecule has 8 heteroatoms. The molecule has 0 saturated carbocycles. The Morgan fingerprint density at radius 3 is 2.56 bits per heavy atom. The molecule has 27 heavy (non-hydrogen) atoms. The SMILES string of the molecule is CCNC(=S)N1CCNC(=O)[C@@H]1CC(=O)N1CCN(c2ccccc2)CC1. The first-order valence-electron chi connectivity index (χ1n) is 9.50. The zero-order chi connectivity index (χ0) is 19.2. The summed E-state index contributed by atoms with van der Waals surface area (Å²) in [7, 11) is 0.